The molecule has 27 heavy (non-hydrogen) atoms. The normalized spacial score (nSPS) is 24.0. The number of nitrogens with one attached hydrogen (secondary N) is 1. The maximum Gasteiger partial charge on any atom is 0.433 e. The molecule has 146 valence electrons. The highest BCUT2D eigenvalue weighted by molar-refractivity contribution is 5.99. The van der Waals surface area contributed by atoms with E-state index in [0.717, 1.165) is 38.2 Å². The third-order valence-corrected chi connectivity index (χ3v) is 5.11. The molecule has 7 nitrogen and oxygen atoms in total. The largest absolute Gasteiger partial charge is 0.433 e. The summed E-state index contributed by atoms with van der Waals surface area (Å²) in [6, 6.07) is 0.784. The van der Waals surface area contributed by atoms with Crippen LogP contribution in [0.2, 0.25) is 0 Å². The SMILES string of the molecule is Cc1cc(C(F)(F)F)n2ncc(C(=O)N[C@H]3COC[C@@H]3N3CCCC3)c2n1. The number of nitrogens with zero attached hydrogens (tertiary/aromatic N) is 4. The lowest BCUT2D eigenvalue weighted by Crippen LogP contribution is -2.50. The topological polar surface area (TPSA) is 71.8 Å². The van der Waals surface area contributed by atoms with Gasteiger partial charge in [-0.05, 0) is 38.9 Å². The molecule has 0 saturated carbocycles. The molecule has 0 spiro atoms. The van der Waals surface area contributed by atoms with Crippen LogP contribution in [-0.2, 0) is 10.9 Å². The number of amides is 1. The maximum atomic E-state index is 13.2. The summed E-state index contributed by atoms with van der Waals surface area (Å²) in [7, 11) is 0. The van der Waals surface area contributed by atoms with Crippen molar-refractivity contribution in [3.8, 4) is 0 Å². The van der Waals surface area contributed by atoms with Gasteiger partial charge in [-0.3, -0.25) is 9.69 Å². The molecular weight excluding hydrogens is 363 g/mol. The van der Waals surface area contributed by atoms with Crippen LogP contribution in [-0.4, -0.2) is 63.8 Å². The van der Waals surface area contributed by atoms with Crippen molar-refractivity contribution < 1.29 is 22.7 Å². The van der Waals surface area contributed by atoms with E-state index in [1.165, 1.54) is 6.92 Å². The Balaban J connectivity index is 1.60. The molecule has 2 saturated heterocycles. The van der Waals surface area contributed by atoms with E-state index in [9.17, 15) is 18.0 Å². The Hall–Kier alpha value is -2.20. The Morgan fingerprint density at radius 1 is 1.30 bits per heavy atom. The number of hydrogen-bond acceptors (Lipinski definition) is 5. The van der Waals surface area contributed by atoms with Crippen molar-refractivity contribution >= 4 is 11.6 Å². The molecular formula is C17H20F3N5O2. The van der Waals surface area contributed by atoms with Crippen molar-refractivity contribution in [1.82, 2.24) is 24.8 Å². The molecule has 0 radical (unpaired) electrons. The van der Waals surface area contributed by atoms with Crippen LogP contribution in [0.5, 0.6) is 0 Å². The number of aryl methyl sites for hydroxylation is 1. The zero-order valence-corrected chi connectivity index (χ0v) is 14.8. The Bertz CT molecular complexity index is 860. The van der Waals surface area contributed by atoms with Gasteiger partial charge >= 0.3 is 6.18 Å². The molecule has 0 aliphatic carbocycles. The zero-order valence-electron chi connectivity index (χ0n) is 14.8. The van der Waals surface area contributed by atoms with E-state index in [2.05, 4.69) is 20.3 Å². The Kier molecular flexibility index (Phi) is 4.55. The van der Waals surface area contributed by atoms with Crippen molar-refractivity contribution in [2.75, 3.05) is 26.3 Å². The Morgan fingerprint density at radius 2 is 2.04 bits per heavy atom. The first-order valence-electron chi connectivity index (χ1n) is 8.90. The first-order chi connectivity index (χ1) is 12.8. The number of rotatable bonds is 3. The second-order valence-electron chi connectivity index (χ2n) is 7.00. The second-order valence-corrected chi connectivity index (χ2v) is 7.00. The summed E-state index contributed by atoms with van der Waals surface area (Å²) in [5, 5.41) is 6.65. The number of carbonyl (C=O) groups excluding carboxylic acids is 1. The molecule has 4 rings (SSSR count). The molecule has 0 unspecified atom stereocenters. The van der Waals surface area contributed by atoms with Crippen molar-refractivity contribution in [1.29, 1.82) is 0 Å². The predicted octanol–water partition coefficient (Wildman–Crippen LogP) is 1.65. The van der Waals surface area contributed by atoms with Gasteiger partial charge in [0, 0.05) is 5.69 Å². The summed E-state index contributed by atoms with van der Waals surface area (Å²) in [5.41, 5.74) is -0.862. The summed E-state index contributed by atoms with van der Waals surface area (Å²) >= 11 is 0. The van der Waals surface area contributed by atoms with E-state index in [1.54, 1.807) is 0 Å². The standard InChI is InChI=1S/C17H20F3N5O2/c1-10-6-14(17(18,19)20)25-15(22-10)11(7-21-25)16(26)23-12-8-27-9-13(12)24-4-2-3-5-24/h6-7,12-13H,2-5,8-9H2,1H3,(H,23,26)/t12-,13-/m0/s1. The molecule has 10 heteroatoms. The number of hydrogen-bond donors (Lipinski definition) is 1. The van der Waals surface area contributed by atoms with Crippen LogP contribution in [0.25, 0.3) is 5.65 Å². The van der Waals surface area contributed by atoms with Crippen LogP contribution in [0.15, 0.2) is 12.3 Å². The molecule has 2 fully saturated rings. The van der Waals surface area contributed by atoms with Crippen molar-refractivity contribution in [2.45, 2.75) is 38.0 Å². The van der Waals surface area contributed by atoms with E-state index in [0.29, 0.717) is 17.7 Å². The fourth-order valence-electron chi connectivity index (χ4n) is 3.81. The lowest BCUT2D eigenvalue weighted by Gasteiger charge is -2.27. The fraction of sp³-hybridized carbons (Fsp3) is 0.588. The van der Waals surface area contributed by atoms with Crippen LogP contribution in [0, 0.1) is 6.92 Å². The summed E-state index contributed by atoms with van der Waals surface area (Å²) in [5.74, 6) is -0.490. The number of aromatic nitrogens is 3. The van der Waals surface area contributed by atoms with Crippen LogP contribution in [0.1, 0.15) is 34.6 Å². The van der Waals surface area contributed by atoms with Crippen LogP contribution < -0.4 is 5.32 Å². The highest BCUT2D eigenvalue weighted by Gasteiger charge is 2.37. The minimum Gasteiger partial charge on any atom is -0.378 e. The van der Waals surface area contributed by atoms with Crippen molar-refractivity contribution in [3.05, 3.63) is 29.2 Å². The van der Waals surface area contributed by atoms with E-state index in [-0.39, 0.29) is 29.0 Å². The van der Waals surface area contributed by atoms with Crippen LogP contribution in [0.3, 0.4) is 0 Å². The van der Waals surface area contributed by atoms with Gasteiger partial charge in [0.15, 0.2) is 5.65 Å². The lowest BCUT2D eigenvalue weighted by atomic mass is 10.1. The highest BCUT2D eigenvalue weighted by atomic mass is 19.4. The van der Waals surface area contributed by atoms with Gasteiger partial charge in [-0.25, -0.2) is 9.50 Å². The Morgan fingerprint density at radius 3 is 2.74 bits per heavy atom. The Labute approximate surface area is 153 Å². The predicted molar refractivity (Wildman–Crippen MR) is 89.4 cm³/mol. The van der Waals surface area contributed by atoms with Gasteiger partial charge < -0.3 is 10.1 Å². The van der Waals surface area contributed by atoms with Crippen molar-refractivity contribution in [2.24, 2.45) is 0 Å². The zero-order chi connectivity index (χ0) is 19.2. The third kappa shape index (κ3) is 3.39. The number of halogens is 3. The minimum absolute atomic E-state index is 0.0243. The van der Waals surface area contributed by atoms with Gasteiger partial charge in [0.05, 0.1) is 31.5 Å². The molecule has 2 aromatic rings. The molecule has 2 aromatic heterocycles. The lowest BCUT2D eigenvalue weighted by molar-refractivity contribution is -0.142. The smallest absolute Gasteiger partial charge is 0.378 e. The number of fused-ring (bicyclic) bond motifs is 1. The average molecular weight is 383 g/mol. The molecule has 2 aliphatic heterocycles. The summed E-state index contributed by atoms with van der Waals surface area (Å²) in [6.45, 7) is 4.30. The monoisotopic (exact) mass is 383 g/mol. The first-order valence-corrected chi connectivity index (χ1v) is 8.90. The number of carbonyl (C=O) groups is 1. The molecule has 1 amide bonds. The minimum atomic E-state index is -4.59. The summed E-state index contributed by atoms with van der Waals surface area (Å²) < 4.78 is 45.9. The second kappa shape index (κ2) is 6.75. The van der Waals surface area contributed by atoms with E-state index in [4.69, 9.17) is 4.74 Å². The quantitative estimate of drug-likeness (QED) is 0.873. The fourth-order valence-corrected chi connectivity index (χ4v) is 3.81. The number of ether oxygens (including phenoxy) is 1. The van der Waals surface area contributed by atoms with Gasteiger partial charge in [-0.2, -0.15) is 18.3 Å². The van der Waals surface area contributed by atoms with Gasteiger partial charge in [-0.15, -0.1) is 0 Å². The molecule has 4 heterocycles. The molecule has 0 aromatic carbocycles. The van der Waals surface area contributed by atoms with Gasteiger partial charge in [0.1, 0.15) is 11.3 Å². The van der Waals surface area contributed by atoms with Crippen molar-refractivity contribution in [3.63, 3.8) is 0 Å². The van der Waals surface area contributed by atoms with Gasteiger partial charge in [-0.1, -0.05) is 0 Å². The van der Waals surface area contributed by atoms with E-state index >= 15 is 0 Å². The maximum absolute atomic E-state index is 13.2. The molecule has 0 bridgehead atoms. The highest BCUT2D eigenvalue weighted by Crippen LogP contribution is 2.30. The van der Waals surface area contributed by atoms with Gasteiger partial charge in [0.2, 0.25) is 0 Å². The third-order valence-electron chi connectivity index (χ3n) is 5.11. The van der Waals surface area contributed by atoms with E-state index in [1.807, 2.05) is 0 Å². The summed E-state index contributed by atoms with van der Waals surface area (Å²) in [6.07, 6.45) is -1.22. The summed E-state index contributed by atoms with van der Waals surface area (Å²) in [4.78, 5) is 19.1. The van der Waals surface area contributed by atoms with Crippen LogP contribution in [0.4, 0.5) is 13.2 Å². The first kappa shape index (κ1) is 18.2. The van der Waals surface area contributed by atoms with E-state index < -0.39 is 17.8 Å². The molecule has 1 N–H and O–H groups in total. The average Bonchev–Trinajstić information content (AvgIpc) is 3.32. The number of alkyl halides is 3. The number of likely N-dealkylation sites (tertiary alicyclic amines) is 1. The van der Waals surface area contributed by atoms with Gasteiger partial charge in [0.25, 0.3) is 5.91 Å². The molecule has 2 aliphatic rings. The molecule has 2 atom stereocenters. The van der Waals surface area contributed by atoms with Crippen LogP contribution >= 0.6 is 0 Å².